The summed E-state index contributed by atoms with van der Waals surface area (Å²) in [5, 5.41) is 4.03. The second-order valence-corrected chi connectivity index (χ2v) is 5.54. The normalized spacial score (nSPS) is 26.8. The second kappa shape index (κ2) is 4.20. The quantitative estimate of drug-likeness (QED) is 0.790. The van der Waals surface area contributed by atoms with Gasteiger partial charge in [-0.05, 0) is 12.8 Å². The van der Waals surface area contributed by atoms with Crippen LogP contribution in [-0.4, -0.2) is 27.4 Å². The highest BCUT2D eigenvalue weighted by Crippen LogP contribution is 2.34. The molecule has 1 aromatic heterocycles. The molecular weight excluding hydrogens is 224 g/mol. The molecule has 4 nitrogen and oxygen atoms in total. The maximum Gasteiger partial charge on any atom is 0.238 e. The lowest BCUT2D eigenvalue weighted by atomic mass is 10.1. The van der Waals surface area contributed by atoms with Crippen LogP contribution in [0.5, 0.6) is 0 Å². The molecule has 1 unspecified atom stereocenters. The molecule has 0 amide bonds. The van der Waals surface area contributed by atoms with E-state index >= 15 is 0 Å². The number of hydrogen-bond acceptors (Lipinski definition) is 5. The predicted molar refractivity (Wildman–Crippen MR) is 60.6 cm³/mol. The summed E-state index contributed by atoms with van der Waals surface area (Å²) >= 11 is 1.65. The summed E-state index contributed by atoms with van der Waals surface area (Å²) in [5.41, 5.74) is 0. The van der Waals surface area contributed by atoms with Gasteiger partial charge in [0.2, 0.25) is 5.89 Å². The Balaban J connectivity index is 1.79. The zero-order chi connectivity index (χ0) is 11.0. The molecule has 5 heteroatoms. The molecule has 2 fully saturated rings. The van der Waals surface area contributed by atoms with Crippen molar-refractivity contribution in [2.45, 2.75) is 37.5 Å². The zero-order valence-electron chi connectivity index (χ0n) is 9.02. The van der Waals surface area contributed by atoms with Crippen molar-refractivity contribution in [1.29, 1.82) is 0 Å². The van der Waals surface area contributed by atoms with E-state index in [-0.39, 0.29) is 11.7 Å². The van der Waals surface area contributed by atoms with Gasteiger partial charge in [-0.2, -0.15) is 16.7 Å². The highest BCUT2D eigenvalue weighted by atomic mass is 32.2. The largest absolute Gasteiger partial charge is 0.339 e. The van der Waals surface area contributed by atoms with Crippen LogP contribution in [0, 0.1) is 0 Å². The first-order chi connectivity index (χ1) is 7.84. The number of carbonyl (C=O) groups is 1. The average molecular weight is 238 g/mol. The van der Waals surface area contributed by atoms with E-state index in [2.05, 4.69) is 10.1 Å². The molecule has 0 bridgehead atoms. The smallest absolute Gasteiger partial charge is 0.238 e. The summed E-state index contributed by atoms with van der Waals surface area (Å²) in [5.74, 6) is 3.28. The fourth-order valence-corrected chi connectivity index (χ4v) is 3.50. The van der Waals surface area contributed by atoms with Crippen molar-refractivity contribution < 1.29 is 9.32 Å². The molecule has 1 aliphatic heterocycles. The van der Waals surface area contributed by atoms with Crippen molar-refractivity contribution in [2.24, 2.45) is 0 Å². The number of aromatic nitrogens is 2. The van der Waals surface area contributed by atoms with E-state index in [0.29, 0.717) is 17.6 Å². The lowest BCUT2D eigenvalue weighted by Crippen LogP contribution is -2.09. The summed E-state index contributed by atoms with van der Waals surface area (Å²) in [6, 6.07) is 0. The summed E-state index contributed by atoms with van der Waals surface area (Å²) in [6.45, 7) is 0. The van der Waals surface area contributed by atoms with Crippen LogP contribution in [0.4, 0.5) is 0 Å². The van der Waals surface area contributed by atoms with Gasteiger partial charge in [0.05, 0.1) is 5.75 Å². The Bertz CT molecular complexity index is 398. The molecule has 1 saturated carbocycles. The first kappa shape index (κ1) is 10.3. The summed E-state index contributed by atoms with van der Waals surface area (Å²) in [6.07, 6.45) is 4.83. The van der Waals surface area contributed by atoms with E-state index in [1.807, 2.05) is 0 Å². The first-order valence-electron chi connectivity index (χ1n) is 5.78. The Hall–Kier alpha value is -0.840. The van der Waals surface area contributed by atoms with Gasteiger partial charge in [0.15, 0.2) is 11.6 Å². The highest BCUT2D eigenvalue weighted by Gasteiger charge is 2.32. The number of ketones is 1. The van der Waals surface area contributed by atoms with Crippen LogP contribution in [0.1, 0.15) is 49.2 Å². The molecule has 86 valence electrons. The lowest BCUT2D eigenvalue weighted by Gasteiger charge is -2.00. The monoisotopic (exact) mass is 238 g/mol. The van der Waals surface area contributed by atoms with E-state index < -0.39 is 0 Å². The molecule has 0 N–H and O–H groups in total. The molecule has 3 rings (SSSR count). The molecule has 2 heterocycles. The summed E-state index contributed by atoms with van der Waals surface area (Å²) < 4.78 is 5.24. The van der Waals surface area contributed by atoms with Crippen LogP contribution in [-0.2, 0) is 4.79 Å². The van der Waals surface area contributed by atoms with Crippen molar-refractivity contribution in [3.63, 3.8) is 0 Å². The standard InChI is InChI=1S/C11H14N2O2S/c14-9-6-16-5-8(9)11-12-10(13-15-11)7-3-1-2-4-7/h7-8H,1-6H2. The molecule has 1 saturated heterocycles. The summed E-state index contributed by atoms with van der Waals surface area (Å²) in [7, 11) is 0. The second-order valence-electron chi connectivity index (χ2n) is 4.51. The third kappa shape index (κ3) is 1.77. The Kier molecular flexibility index (Phi) is 2.71. The van der Waals surface area contributed by atoms with E-state index in [0.717, 1.165) is 24.4 Å². The van der Waals surface area contributed by atoms with Crippen LogP contribution in [0.25, 0.3) is 0 Å². The Labute approximate surface area is 98.2 Å². The Morgan fingerprint density at radius 2 is 2.12 bits per heavy atom. The third-order valence-corrected chi connectivity index (χ3v) is 4.45. The van der Waals surface area contributed by atoms with Crippen LogP contribution in [0.3, 0.4) is 0 Å². The fourth-order valence-electron chi connectivity index (χ4n) is 2.42. The minimum atomic E-state index is -0.146. The molecule has 0 radical (unpaired) electrons. The highest BCUT2D eigenvalue weighted by molar-refractivity contribution is 8.00. The van der Waals surface area contributed by atoms with Gasteiger partial charge < -0.3 is 4.52 Å². The number of Topliss-reactive ketones (excluding diaryl/α,β-unsaturated/α-hetero) is 1. The van der Waals surface area contributed by atoms with E-state index in [9.17, 15) is 4.79 Å². The van der Waals surface area contributed by atoms with Gasteiger partial charge >= 0.3 is 0 Å². The summed E-state index contributed by atoms with van der Waals surface area (Å²) in [4.78, 5) is 16.0. The van der Waals surface area contributed by atoms with Gasteiger partial charge in [0, 0.05) is 11.7 Å². The van der Waals surface area contributed by atoms with E-state index in [1.165, 1.54) is 12.8 Å². The van der Waals surface area contributed by atoms with Crippen molar-refractivity contribution in [3.05, 3.63) is 11.7 Å². The van der Waals surface area contributed by atoms with Crippen LogP contribution < -0.4 is 0 Å². The fraction of sp³-hybridized carbons (Fsp3) is 0.727. The predicted octanol–water partition coefficient (Wildman–Crippen LogP) is 2.13. The van der Waals surface area contributed by atoms with Crippen molar-refractivity contribution >= 4 is 17.5 Å². The third-order valence-electron chi connectivity index (χ3n) is 3.39. The molecular formula is C11H14N2O2S. The van der Waals surface area contributed by atoms with Gasteiger partial charge in [0.25, 0.3) is 0 Å². The molecule has 1 aliphatic carbocycles. The van der Waals surface area contributed by atoms with Gasteiger partial charge in [-0.25, -0.2) is 0 Å². The molecule has 1 atom stereocenters. The van der Waals surface area contributed by atoms with Crippen molar-refractivity contribution in [1.82, 2.24) is 10.1 Å². The topological polar surface area (TPSA) is 56.0 Å². The van der Waals surface area contributed by atoms with Crippen molar-refractivity contribution in [2.75, 3.05) is 11.5 Å². The molecule has 0 aromatic carbocycles. The van der Waals surface area contributed by atoms with Gasteiger partial charge in [-0.3, -0.25) is 4.79 Å². The molecule has 2 aliphatic rings. The molecule has 1 aromatic rings. The maximum absolute atomic E-state index is 11.6. The zero-order valence-corrected chi connectivity index (χ0v) is 9.83. The van der Waals surface area contributed by atoms with E-state index in [4.69, 9.17) is 4.52 Å². The maximum atomic E-state index is 11.6. The molecule has 16 heavy (non-hydrogen) atoms. The number of nitrogens with zero attached hydrogens (tertiary/aromatic N) is 2. The van der Waals surface area contributed by atoms with Crippen LogP contribution in [0.2, 0.25) is 0 Å². The minimum absolute atomic E-state index is 0.146. The SMILES string of the molecule is O=C1CSCC1c1nc(C2CCCC2)no1. The van der Waals surface area contributed by atoms with Gasteiger partial charge in [-0.15, -0.1) is 0 Å². The van der Waals surface area contributed by atoms with Crippen LogP contribution in [0.15, 0.2) is 4.52 Å². The van der Waals surface area contributed by atoms with Gasteiger partial charge in [0.1, 0.15) is 5.92 Å². The number of carbonyl (C=O) groups excluding carboxylic acids is 1. The number of thioether (sulfide) groups is 1. The van der Waals surface area contributed by atoms with Gasteiger partial charge in [-0.1, -0.05) is 18.0 Å². The van der Waals surface area contributed by atoms with E-state index in [1.54, 1.807) is 11.8 Å². The average Bonchev–Trinajstić information content (AvgIpc) is 2.96. The Morgan fingerprint density at radius 3 is 2.81 bits per heavy atom. The lowest BCUT2D eigenvalue weighted by molar-refractivity contribution is -0.117. The Morgan fingerprint density at radius 1 is 1.31 bits per heavy atom. The number of rotatable bonds is 2. The first-order valence-corrected chi connectivity index (χ1v) is 6.94. The number of hydrogen-bond donors (Lipinski definition) is 0. The molecule has 0 spiro atoms. The van der Waals surface area contributed by atoms with Crippen LogP contribution >= 0.6 is 11.8 Å². The van der Waals surface area contributed by atoms with Crippen molar-refractivity contribution in [3.8, 4) is 0 Å². The minimum Gasteiger partial charge on any atom is -0.339 e.